The lowest BCUT2D eigenvalue weighted by molar-refractivity contribution is -0.128. The molecular weight excluding hydrogens is 398 g/mol. The Balaban J connectivity index is 1.68. The molecule has 1 aliphatic heterocycles. The van der Waals surface area contributed by atoms with Gasteiger partial charge >= 0.3 is 0 Å². The van der Waals surface area contributed by atoms with Gasteiger partial charge in [0, 0.05) is 23.7 Å². The number of nitrogens with one attached hydrogen (secondary N) is 1. The summed E-state index contributed by atoms with van der Waals surface area (Å²) in [6, 6.07) is 14.1. The Morgan fingerprint density at radius 1 is 1.21 bits per heavy atom. The maximum Gasteiger partial charge on any atom is 0.242 e. The third-order valence-corrected chi connectivity index (χ3v) is 5.56. The molecule has 0 aromatic heterocycles. The summed E-state index contributed by atoms with van der Waals surface area (Å²) in [5, 5.41) is 3.49. The number of carbonyl (C=O) groups is 2. The normalized spacial score (nSPS) is 17.8. The highest BCUT2D eigenvalue weighted by Crippen LogP contribution is 2.32. The van der Waals surface area contributed by atoms with Gasteiger partial charge in [-0.1, -0.05) is 23.4 Å². The Bertz CT molecular complexity index is 885. The quantitative estimate of drug-likeness (QED) is 0.759. The number of aliphatic imine (C=N–C) groups is 1. The van der Waals surface area contributed by atoms with Gasteiger partial charge in [0.05, 0.1) is 12.8 Å². The van der Waals surface area contributed by atoms with Crippen molar-refractivity contribution in [3.63, 3.8) is 0 Å². The lowest BCUT2D eigenvalue weighted by atomic mass is 10.2. The molecule has 0 aliphatic carbocycles. The largest absolute Gasteiger partial charge is 0.497 e. The Hall–Kier alpha value is -2.51. The minimum absolute atomic E-state index is 0.0737. The SMILES string of the molecule is CCN1C(=O)[C@@H](CC(=O)Nc2ccc(Cl)cc2)SC1=Nc1ccc(OC)cc1. The highest BCUT2D eigenvalue weighted by atomic mass is 35.5. The number of carbonyl (C=O) groups excluding carboxylic acids is 2. The van der Waals surface area contributed by atoms with Crippen molar-refractivity contribution < 1.29 is 14.3 Å². The van der Waals surface area contributed by atoms with Gasteiger partial charge in [-0.3, -0.25) is 14.5 Å². The van der Waals surface area contributed by atoms with Crippen molar-refractivity contribution in [3.05, 3.63) is 53.6 Å². The topological polar surface area (TPSA) is 71.0 Å². The molecule has 6 nitrogen and oxygen atoms in total. The van der Waals surface area contributed by atoms with E-state index in [2.05, 4.69) is 10.3 Å². The average molecular weight is 418 g/mol. The molecular formula is C20H20ClN3O3S. The number of amidine groups is 1. The van der Waals surface area contributed by atoms with Crippen LogP contribution in [0.4, 0.5) is 11.4 Å². The fourth-order valence-electron chi connectivity index (χ4n) is 2.70. The molecule has 28 heavy (non-hydrogen) atoms. The number of ether oxygens (including phenoxy) is 1. The van der Waals surface area contributed by atoms with Crippen molar-refractivity contribution in [2.24, 2.45) is 4.99 Å². The van der Waals surface area contributed by atoms with Crippen molar-refractivity contribution in [2.75, 3.05) is 19.0 Å². The highest BCUT2D eigenvalue weighted by Gasteiger charge is 2.38. The van der Waals surface area contributed by atoms with Gasteiger partial charge in [-0.15, -0.1) is 0 Å². The fourth-order valence-corrected chi connectivity index (χ4v) is 4.04. The number of amides is 2. The summed E-state index contributed by atoms with van der Waals surface area (Å²) in [5.74, 6) is 0.407. The number of thioether (sulfide) groups is 1. The maximum atomic E-state index is 12.7. The molecule has 0 bridgehead atoms. The van der Waals surface area contributed by atoms with Crippen molar-refractivity contribution in [1.82, 2.24) is 4.90 Å². The highest BCUT2D eigenvalue weighted by molar-refractivity contribution is 8.15. The van der Waals surface area contributed by atoms with E-state index in [1.165, 1.54) is 11.8 Å². The monoisotopic (exact) mass is 417 g/mol. The molecule has 0 unspecified atom stereocenters. The lowest BCUT2D eigenvalue weighted by Crippen LogP contribution is -2.33. The van der Waals surface area contributed by atoms with Gasteiger partial charge in [-0.2, -0.15) is 0 Å². The van der Waals surface area contributed by atoms with Gasteiger partial charge in [0.1, 0.15) is 11.0 Å². The van der Waals surface area contributed by atoms with Crippen LogP contribution in [0.15, 0.2) is 53.5 Å². The summed E-state index contributed by atoms with van der Waals surface area (Å²) >= 11 is 7.16. The van der Waals surface area contributed by atoms with E-state index in [0.29, 0.717) is 22.4 Å². The molecule has 0 spiro atoms. The molecule has 1 N–H and O–H groups in total. The molecule has 146 valence electrons. The standard InChI is InChI=1S/C20H20ClN3O3S/c1-3-24-19(26)17(12-18(25)22-14-6-4-13(21)5-7-14)28-20(24)23-15-8-10-16(27-2)11-9-15/h4-11,17H,3,12H2,1-2H3,(H,22,25)/t17-/m1/s1. The van der Waals surface area contributed by atoms with Crippen LogP contribution in [0.2, 0.25) is 5.02 Å². The van der Waals surface area contributed by atoms with Gasteiger partial charge in [0.15, 0.2) is 5.17 Å². The van der Waals surface area contributed by atoms with Crippen LogP contribution in [0, 0.1) is 0 Å². The number of anilines is 1. The van der Waals surface area contributed by atoms with E-state index in [4.69, 9.17) is 16.3 Å². The molecule has 8 heteroatoms. The van der Waals surface area contributed by atoms with Crippen LogP contribution in [0.5, 0.6) is 5.75 Å². The second-order valence-corrected chi connectivity index (χ2v) is 7.65. The number of methoxy groups -OCH3 is 1. The minimum atomic E-state index is -0.496. The summed E-state index contributed by atoms with van der Waals surface area (Å²) in [6.45, 7) is 2.38. The molecule has 2 aromatic carbocycles. The zero-order valence-electron chi connectivity index (χ0n) is 15.5. The van der Waals surface area contributed by atoms with Crippen molar-refractivity contribution >= 4 is 51.7 Å². The van der Waals surface area contributed by atoms with E-state index in [1.807, 2.05) is 31.2 Å². The van der Waals surface area contributed by atoms with E-state index in [1.54, 1.807) is 36.3 Å². The van der Waals surface area contributed by atoms with E-state index < -0.39 is 5.25 Å². The van der Waals surface area contributed by atoms with Gasteiger partial charge in [-0.05, 0) is 55.5 Å². The van der Waals surface area contributed by atoms with E-state index >= 15 is 0 Å². The van der Waals surface area contributed by atoms with Crippen molar-refractivity contribution in [3.8, 4) is 5.75 Å². The summed E-state index contributed by atoms with van der Waals surface area (Å²) in [4.78, 5) is 31.2. The number of halogens is 1. The molecule has 0 saturated carbocycles. The van der Waals surface area contributed by atoms with Crippen LogP contribution < -0.4 is 10.1 Å². The van der Waals surface area contributed by atoms with E-state index in [9.17, 15) is 9.59 Å². The van der Waals surface area contributed by atoms with Crippen LogP contribution in [-0.4, -0.2) is 40.8 Å². The summed E-state index contributed by atoms with van der Waals surface area (Å²) in [7, 11) is 1.60. The predicted molar refractivity (Wildman–Crippen MR) is 114 cm³/mol. The number of hydrogen-bond acceptors (Lipinski definition) is 5. The third-order valence-electron chi connectivity index (χ3n) is 4.13. The maximum absolute atomic E-state index is 12.7. The zero-order chi connectivity index (χ0) is 20.1. The number of benzene rings is 2. The first-order valence-corrected chi connectivity index (χ1v) is 10.0. The molecule has 1 heterocycles. The van der Waals surface area contributed by atoms with Crippen molar-refractivity contribution in [2.45, 2.75) is 18.6 Å². The first-order valence-electron chi connectivity index (χ1n) is 8.76. The first-order chi connectivity index (χ1) is 13.5. The van der Waals surface area contributed by atoms with E-state index in [-0.39, 0.29) is 18.2 Å². The van der Waals surface area contributed by atoms with Gasteiger partial charge in [0.25, 0.3) is 0 Å². The fraction of sp³-hybridized carbons (Fsp3) is 0.250. The molecule has 2 aromatic rings. The number of nitrogens with zero attached hydrogens (tertiary/aromatic N) is 2. The van der Waals surface area contributed by atoms with Gasteiger partial charge < -0.3 is 10.1 Å². The Kier molecular flexibility index (Phi) is 6.59. The van der Waals surface area contributed by atoms with Crippen LogP contribution >= 0.6 is 23.4 Å². The second-order valence-electron chi connectivity index (χ2n) is 6.04. The van der Waals surface area contributed by atoms with Gasteiger partial charge in [0.2, 0.25) is 11.8 Å². The third kappa shape index (κ3) is 4.85. The lowest BCUT2D eigenvalue weighted by Gasteiger charge is -2.13. The summed E-state index contributed by atoms with van der Waals surface area (Å²) < 4.78 is 5.14. The minimum Gasteiger partial charge on any atom is -0.497 e. The number of rotatable bonds is 6. The average Bonchev–Trinajstić information content (AvgIpc) is 2.98. The van der Waals surface area contributed by atoms with Crippen LogP contribution in [0.25, 0.3) is 0 Å². The smallest absolute Gasteiger partial charge is 0.242 e. The number of hydrogen-bond donors (Lipinski definition) is 1. The molecule has 1 fully saturated rings. The zero-order valence-corrected chi connectivity index (χ0v) is 17.1. The van der Waals surface area contributed by atoms with E-state index in [0.717, 1.165) is 11.4 Å². The Morgan fingerprint density at radius 3 is 2.50 bits per heavy atom. The molecule has 2 amide bonds. The summed E-state index contributed by atoms with van der Waals surface area (Å²) in [6.07, 6.45) is 0.0737. The van der Waals surface area contributed by atoms with Crippen LogP contribution in [0.3, 0.4) is 0 Å². The van der Waals surface area contributed by atoms with Crippen LogP contribution in [-0.2, 0) is 9.59 Å². The molecule has 0 radical (unpaired) electrons. The second kappa shape index (κ2) is 9.12. The Labute approximate surface area is 172 Å². The van der Waals surface area contributed by atoms with Crippen LogP contribution in [0.1, 0.15) is 13.3 Å². The first kappa shape index (κ1) is 20.2. The Morgan fingerprint density at radius 2 is 1.89 bits per heavy atom. The van der Waals surface area contributed by atoms with Crippen molar-refractivity contribution in [1.29, 1.82) is 0 Å². The molecule has 1 aliphatic rings. The predicted octanol–water partition coefficient (Wildman–Crippen LogP) is 4.33. The van der Waals surface area contributed by atoms with Gasteiger partial charge in [-0.25, -0.2) is 4.99 Å². The molecule has 3 rings (SSSR count). The molecule has 1 atom stereocenters. The summed E-state index contributed by atoms with van der Waals surface area (Å²) in [5.41, 5.74) is 1.37. The molecule has 1 saturated heterocycles.